The quantitative estimate of drug-likeness (QED) is 0.887. The Bertz CT molecular complexity index is 624. The number of nitrogens with zero attached hydrogens (tertiary/aromatic N) is 1. The van der Waals surface area contributed by atoms with Gasteiger partial charge in [0, 0.05) is 44.4 Å². The van der Waals surface area contributed by atoms with Crippen molar-refractivity contribution in [1.29, 1.82) is 0 Å². The molecule has 1 aromatic carbocycles. The summed E-state index contributed by atoms with van der Waals surface area (Å²) >= 11 is 0. The Morgan fingerprint density at radius 1 is 1.25 bits per heavy atom. The van der Waals surface area contributed by atoms with E-state index < -0.39 is 0 Å². The average Bonchev–Trinajstić information content (AvgIpc) is 3.14. The minimum atomic E-state index is 0.234. The fourth-order valence-electron chi connectivity index (χ4n) is 3.58. The number of nitrogens with one attached hydrogen (secondary N) is 1. The van der Waals surface area contributed by atoms with Gasteiger partial charge in [0.25, 0.3) is 0 Å². The van der Waals surface area contributed by atoms with E-state index in [1.165, 1.54) is 5.56 Å². The van der Waals surface area contributed by atoms with Gasteiger partial charge in [0.15, 0.2) is 0 Å². The number of aromatic nitrogens is 1. The van der Waals surface area contributed by atoms with Gasteiger partial charge in [-0.2, -0.15) is 0 Å². The maximum Gasteiger partial charge on any atom is 0.222 e. The zero-order chi connectivity index (χ0) is 16.8. The Morgan fingerprint density at radius 2 is 2.08 bits per heavy atom. The second-order valence-corrected chi connectivity index (χ2v) is 6.55. The number of benzene rings is 1. The number of rotatable bonds is 6. The Kier molecular flexibility index (Phi) is 5.70. The van der Waals surface area contributed by atoms with Crippen LogP contribution in [0.4, 0.5) is 0 Å². The molecule has 0 aliphatic carbocycles. The first-order valence-corrected chi connectivity index (χ1v) is 8.73. The van der Waals surface area contributed by atoms with Crippen molar-refractivity contribution in [3.8, 4) is 0 Å². The van der Waals surface area contributed by atoms with Crippen LogP contribution in [0.2, 0.25) is 0 Å². The number of ether oxygens (including phenoxy) is 1. The molecular formula is C20H26N2O2. The summed E-state index contributed by atoms with van der Waals surface area (Å²) in [6.07, 6.45) is 5.36. The highest BCUT2D eigenvalue weighted by Crippen LogP contribution is 2.24. The summed E-state index contributed by atoms with van der Waals surface area (Å²) in [7, 11) is 1.78. The van der Waals surface area contributed by atoms with Crippen LogP contribution in [0.3, 0.4) is 0 Å². The van der Waals surface area contributed by atoms with Gasteiger partial charge in [-0.15, -0.1) is 0 Å². The molecule has 1 saturated heterocycles. The number of hydrogen-bond donors (Lipinski definition) is 1. The molecule has 4 heteroatoms. The molecule has 0 spiro atoms. The lowest BCUT2D eigenvalue weighted by Gasteiger charge is -2.38. The maximum atomic E-state index is 12.6. The third-order valence-electron chi connectivity index (χ3n) is 4.93. The van der Waals surface area contributed by atoms with Crippen molar-refractivity contribution < 1.29 is 9.53 Å². The van der Waals surface area contributed by atoms with E-state index in [0.29, 0.717) is 12.3 Å². The fraction of sp³-hybridized carbons (Fsp3) is 0.450. The standard InChI is InChI=1S/C20H26N2O2/c1-24-19-11-13-22(20(23)10-9-18-8-5-12-21-18)15-17(19)14-16-6-3-2-4-7-16/h2-8,12,17,19,21H,9-11,13-15H2,1H3/t17-,19-/m1/s1. The fourth-order valence-corrected chi connectivity index (χ4v) is 3.58. The molecule has 0 unspecified atom stereocenters. The molecule has 1 aliphatic rings. The van der Waals surface area contributed by atoms with Crippen molar-refractivity contribution in [3.05, 3.63) is 59.9 Å². The van der Waals surface area contributed by atoms with Crippen molar-refractivity contribution in [2.45, 2.75) is 31.8 Å². The molecule has 1 aromatic heterocycles. The highest BCUT2D eigenvalue weighted by Gasteiger charge is 2.31. The summed E-state index contributed by atoms with van der Waals surface area (Å²) in [6, 6.07) is 14.5. The van der Waals surface area contributed by atoms with Gasteiger partial charge in [-0.1, -0.05) is 30.3 Å². The van der Waals surface area contributed by atoms with Crippen LogP contribution in [0.5, 0.6) is 0 Å². The van der Waals surface area contributed by atoms with Crippen LogP contribution >= 0.6 is 0 Å². The summed E-state index contributed by atoms with van der Waals surface area (Å²) in [5.74, 6) is 0.609. The summed E-state index contributed by atoms with van der Waals surface area (Å²) in [5.41, 5.74) is 2.43. The smallest absolute Gasteiger partial charge is 0.222 e. The van der Waals surface area contributed by atoms with Crippen molar-refractivity contribution in [2.75, 3.05) is 20.2 Å². The molecule has 2 heterocycles. The third-order valence-corrected chi connectivity index (χ3v) is 4.93. The topological polar surface area (TPSA) is 45.3 Å². The Balaban J connectivity index is 1.58. The molecular weight excluding hydrogens is 300 g/mol. The van der Waals surface area contributed by atoms with Gasteiger partial charge in [-0.3, -0.25) is 4.79 Å². The van der Waals surface area contributed by atoms with Crippen LogP contribution in [-0.2, 0) is 22.4 Å². The SMILES string of the molecule is CO[C@@H]1CCN(C(=O)CCc2ccc[nH]2)C[C@H]1Cc1ccccc1. The van der Waals surface area contributed by atoms with Gasteiger partial charge >= 0.3 is 0 Å². The van der Waals surface area contributed by atoms with Crippen molar-refractivity contribution >= 4 is 5.91 Å². The summed E-state index contributed by atoms with van der Waals surface area (Å²) < 4.78 is 5.68. The number of hydrogen-bond acceptors (Lipinski definition) is 2. The molecule has 128 valence electrons. The van der Waals surface area contributed by atoms with E-state index in [1.54, 1.807) is 7.11 Å². The largest absolute Gasteiger partial charge is 0.381 e. The number of likely N-dealkylation sites (tertiary alicyclic amines) is 1. The number of aryl methyl sites for hydroxylation is 1. The molecule has 2 aromatic rings. The predicted octanol–water partition coefficient (Wildman–Crippen LogP) is 3.05. The van der Waals surface area contributed by atoms with Gasteiger partial charge in [-0.05, 0) is 37.0 Å². The van der Waals surface area contributed by atoms with Crippen molar-refractivity contribution in [1.82, 2.24) is 9.88 Å². The molecule has 24 heavy (non-hydrogen) atoms. The minimum absolute atomic E-state index is 0.234. The second-order valence-electron chi connectivity index (χ2n) is 6.55. The molecule has 1 amide bonds. The van der Waals surface area contributed by atoms with E-state index in [2.05, 4.69) is 29.2 Å². The molecule has 3 rings (SSSR count). The van der Waals surface area contributed by atoms with Crippen LogP contribution in [0.25, 0.3) is 0 Å². The Labute approximate surface area is 143 Å². The summed E-state index contributed by atoms with van der Waals surface area (Å²) in [6.45, 7) is 1.59. The van der Waals surface area contributed by atoms with Crippen LogP contribution in [0.1, 0.15) is 24.1 Å². The lowest BCUT2D eigenvalue weighted by molar-refractivity contribution is -0.135. The number of methoxy groups -OCH3 is 1. The van der Waals surface area contributed by atoms with Gasteiger partial charge < -0.3 is 14.6 Å². The monoisotopic (exact) mass is 326 g/mol. The van der Waals surface area contributed by atoms with E-state index in [9.17, 15) is 4.79 Å². The Hall–Kier alpha value is -2.07. The molecule has 0 radical (unpaired) electrons. The Morgan fingerprint density at radius 3 is 2.79 bits per heavy atom. The number of carbonyl (C=O) groups excluding carboxylic acids is 1. The number of H-pyrrole nitrogens is 1. The summed E-state index contributed by atoms with van der Waals surface area (Å²) in [4.78, 5) is 17.7. The van der Waals surface area contributed by atoms with Crippen LogP contribution in [-0.4, -0.2) is 42.1 Å². The first-order chi connectivity index (χ1) is 11.8. The molecule has 1 N–H and O–H groups in total. The van der Waals surface area contributed by atoms with Gasteiger partial charge in [0.1, 0.15) is 0 Å². The van der Waals surface area contributed by atoms with Crippen molar-refractivity contribution in [3.63, 3.8) is 0 Å². The lowest BCUT2D eigenvalue weighted by Crippen LogP contribution is -2.47. The lowest BCUT2D eigenvalue weighted by atomic mass is 9.88. The number of carbonyl (C=O) groups is 1. The first kappa shape index (κ1) is 16.8. The first-order valence-electron chi connectivity index (χ1n) is 8.73. The highest BCUT2D eigenvalue weighted by molar-refractivity contribution is 5.76. The van der Waals surface area contributed by atoms with E-state index in [-0.39, 0.29) is 12.0 Å². The molecule has 4 nitrogen and oxygen atoms in total. The summed E-state index contributed by atoms with van der Waals surface area (Å²) in [5, 5.41) is 0. The highest BCUT2D eigenvalue weighted by atomic mass is 16.5. The van der Waals surface area contributed by atoms with E-state index in [0.717, 1.165) is 38.0 Å². The predicted molar refractivity (Wildman–Crippen MR) is 94.7 cm³/mol. The zero-order valence-electron chi connectivity index (χ0n) is 14.3. The average molecular weight is 326 g/mol. The van der Waals surface area contributed by atoms with Gasteiger partial charge in [0.2, 0.25) is 5.91 Å². The zero-order valence-corrected chi connectivity index (χ0v) is 14.3. The number of aromatic amines is 1. The number of amides is 1. The van der Waals surface area contributed by atoms with E-state index >= 15 is 0 Å². The molecule has 2 atom stereocenters. The molecule has 1 aliphatic heterocycles. The molecule has 0 bridgehead atoms. The van der Waals surface area contributed by atoms with Crippen LogP contribution < -0.4 is 0 Å². The second kappa shape index (κ2) is 8.15. The third kappa shape index (κ3) is 4.26. The van der Waals surface area contributed by atoms with E-state index in [1.807, 2.05) is 29.3 Å². The number of piperidine rings is 1. The van der Waals surface area contributed by atoms with E-state index in [4.69, 9.17) is 4.74 Å². The maximum absolute atomic E-state index is 12.6. The van der Waals surface area contributed by atoms with Crippen LogP contribution in [0, 0.1) is 5.92 Å². The molecule has 1 fully saturated rings. The molecule has 0 saturated carbocycles. The van der Waals surface area contributed by atoms with Crippen molar-refractivity contribution in [2.24, 2.45) is 5.92 Å². The van der Waals surface area contributed by atoms with Crippen LogP contribution in [0.15, 0.2) is 48.7 Å². The minimum Gasteiger partial charge on any atom is -0.381 e. The van der Waals surface area contributed by atoms with Gasteiger partial charge in [-0.25, -0.2) is 0 Å². The van der Waals surface area contributed by atoms with Gasteiger partial charge in [0.05, 0.1) is 6.10 Å². The normalized spacial score (nSPS) is 21.0.